The maximum absolute atomic E-state index is 13.0. The molecule has 1 aromatic heterocycles. The number of nitrogens with zero attached hydrogens (tertiary/aromatic N) is 2. The van der Waals surface area contributed by atoms with Gasteiger partial charge in [-0.2, -0.15) is 0 Å². The largest absolute Gasteiger partial charge is 0.573 e. The second kappa shape index (κ2) is 8.71. The molecule has 158 valence electrons. The third-order valence-electron chi connectivity index (χ3n) is 3.62. The van der Waals surface area contributed by atoms with Crippen molar-refractivity contribution in [1.29, 1.82) is 0 Å². The number of hydrogen-bond donors (Lipinski definition) is 1. The van der Waals surface area contributed by atoms with E-state index in [9.17, 15) is 26.4 Å². The quantitative estimate of drug-likeness (QED) is 0.582. The smallest absolute Gasteiger partial charge is 0.406 e. The van der Waals surface area contributed by atoms with Gasteiger partial charge in [-0.15, -0.1) is 24.5 Å². The van der Waals surface area contributed by atoms with E-state index >= 15 is 0 Å². The normalized spacial score (nSPS) is 11.7. The van der Waals surface area contributed by atoms with Crippen molar-refractivity contribution in [3.8, 4) is 5.75 Å². The third-order valence-corrected chi connectivity index (χ3v) is 6.28. The van der Waals surface area contributed by atoms with E-state index in [1.54, 1.807) is 23.6 Å². The molecule has 1 heterocycles. The molecule has 12 heteroatoms. The van der Waals surface area contributed by atoms with E-state index < -0.39 is 34.6 Å². The molecule has 30 heavy (non-hydrogen) atoms. The monoisotopic (exact) mass is 457 g/mol. The number of ether oxygens (including phenoxy) is 1. The van der Waals surface area contributed by atoms with E-state index in [0.29, 0.717) is 0 Å². The number of alkyl halides is 3. The number of benzene rings is 2. The summed E-state index contributed by atoms with van der Waals surface area (Å²) in [6, 6.07) is 12.0. The Kier molecular flexibility index (Phi) is 6.27. The minimum atomic E-state index is -4.83. The van der Waals surface area contributed by atoms with Gasteiger partial charge in [-0.05, 0) is 36.4 Å². The zero-order chi connectivity index (χ0) is 21.8. The van der Waals surface area contributed by atoms with Gasteiger partial charge in [-0.1, -0.05) is 18.2 Å². The first-order valence-corrected chi connectivity index (χ1v) is 10.6. The maximum atomic E-state index is 13.0. The number of amides is 1. The van der Waals surface area contributed by atoms with E-state index in [0.717, 1.165) is 27.8 Å². The summed E-state index contributed by atoms with van der Waals surface area (Å²) in [5.74, 6) is -1.15. The fraction of sp³-hybridized carbons (Fsp3) is 0.111. The predicted octanol–water partition coefficient (Wildman–Crippen LogP) is 3.88. The van der Waals surface area contributed by atoms with Crippen molar-refractivity contribution < 1.29 is 31.1 Å². The average Bonchev–Trinajstić information content (AvgIpc) is 3.21. The van der Waals surface area contributed by atoms with Crippen molar-refractivity contribution in [2.75, 3.05) is 16.2 Å². The zero-order valence-corrected chi connectivity index (χ0v) is 16.7. The van der Waals surface area contributed by atoms with Crippen molar-refractivity contribution in [3.05, 3.63) is 66.2 Å². The highest BCUT2D eigenvalue weighted by atomic mass is 32.2. The van der Waals surface area contributed by atoms with Crippen LogP contribution in [0.4, 0.5) is 24.0 Å². The summed E-state index contributed by atoms with van der Waals surface area (Å²) in [6.07, 6.45) is -3.42. The summed E-state index contributed by atoms with van der Waals surface area (Å²) >= 11 is 1.04. The number of halogens is 3. The van der Waals surface area contributed by atoms with Gasteiger partial charge in [0.15, 0.2) is 5.13 Å². The molecule has 0 atom stereocenters. The number of rotatable bonds is 7. The molecule has 7 nitrogen and oxygen atoms in total. The molecular weight excluding hydrogens is 443 g/mol. The van der Waals surface area contributed by atoms with Crippen molar-refractivity contribution in [2.45, 2.75) is 11.3 Å². The lowest BCUT2D eigenvalue weighted by atomic mass is 10.3. The summed E-state index contributed by atoms with van der Waals surface area (Å²) in [6.45, 7) is -0.578. The fourth-order valence-corrected chi connectivity index (χ4v) is 4.65. The summed E-state index contributed by atoms with van der Waals surface area (Å²) in [7, 11) is -4.06. The van der Waals surface area contributed by atoms with Crippen LogP contribution in [-0.2, 0) is 14.8 Å². The van der Waals surface area contributed by atoms with Crippen LogP contribution < -0.4 is 14.4 Å². The van der Waals surface area contributed by atoms with E-state index in [1.807, 2.05) is 0 Å². The van der Waals surface area contributed by atoms with Crippen molar-refractivity contribution >= 4 is 38.1 Å². The first-order valence-electron chi connectivity index (χ1n) is 8.28. The lowest BCUT2D eigenvalue weighted by Gasteiger charge is -2.21. The number of carbonyl (C=O) groups is 1. The third kappa shape index (κ3) is 5.48. The molecule has 3 rings (SSSR count). The van der Waals surface area contributed by atoms with E-state index in [2.05, 4.69) is 15.0 Å². The average molecular weight is 457 g/mol. The van der Waals surface area contributed by atoms with Crippen LogP contribution in [0.1, 0.15) is 0 Å². The first-order chi connectivity index (χ1) is 14.1. The molecule has 0 saturated carbocycles. The molecule has 0 fully saturated rings. The van der Waals surface area contributed by atoms with Crippen molar-refractivity contribution in [3.63, 3.8) is 0 Å². The molecule has 0 saturated heterocycles. The highest BCUT2D eigenvalue weighted by molar-refractivity contribution is 7.93. The van der Waals surface area contributed by atoms with Gasteiger partial charge in [0.25, 0.3) is 10.0 Å². The van der Waals surface area contributed by atoms with Gasteiger partial charge in [0.2, 0.25) is 5.91 Å². The molecule has 2 aromatic carbocycles. The minimum Gasteiger partial charge on any atom is -0.406 e. The zero-order valence-electron chi connectivity index (χ0n) is 15.0. The number of anilines is 2. The Morgan fingerprint density at radius 1 is 1.10 bits per heavy atom. The highest BCUT2D eigenvalue weighted by Crippen LogP contribution is 2.26. The lowest BCUT2D eigenvalue weighted by Crippen LogP contribution is -2.38. The van der Waals surface area contributed by atoms with Crippen LogP contribution >= 0.6 is 11.3 Å². The first kappa shape index (κ1) is 21.6. The van der Waals surface area contributed by atoms with Gasteiger partial charge in [-0.25, -0.2) is 17.7 Å². The summed E-state index contributed by atoms with van der Waals surface area (Å²) in [5, 5.41) is 4.11. The Hall–Kier alpha value is -3.12. The van der Waals surface area contributed by atoms with Crippen molar-refractivity contribution in [1.82, 2.24) is 4.98 Å². The van der Waals surface area contributed by atoms with E-state index in [1.165, 1.54) is 30.5 Å². The van der Waals surface area contributed by atoms with E-state index in [-0.39, 0.29) is 15.7 Å². The lowest BCUT2D eigenvalue weighted by molar-refractivity contribution is -0.274. The Bertz CT molecular complexity index is 1090. The van der Waals surface area contributed by atoms with Gasteiger partial charge < -0.3 is 10.1 Å². The Morgan fingerprint density at radius 3 is 2.33 bits per heavy atom. The Morgan fingerprint density at radius 2 is 1.77 bits per heavy atom. The molecule has 1 amide bonds. The molecule has 0 bridgehead atoms. The van der Waals surface area contributed by atoms with Gasteiger partial charge in [0.05, 0.1) is 4.90 Å². The summed E-state index contributed by atoms with van der Waals surface area (Å²) < 4.78 is 67.3. The van der Waals surface area contributed by atoms with Crippen LogP contribution in [0.5, 0.6) is 5.75 Å². The van der Waals surface area contributed by atoms with Gasteiger partial charge in [0, 0.05) is 17.3 Å². The number of sulfonamides is 1. The highest BCUT2D eigenvalue weighted by Gasteiger charge is 2.31. The summed E-state index contributed by atoms with van der Waals surface area (Å²) in [4.78, 5) is 16.4. The molecule has 0 aliphatic heterocycles. The standard InChI is InChI=1S/C18H14F3N3O4S2/c19-18(20,21)28-14-8-6-13(7-9-14)23-16(25)12-24(17-22-10-11-29-17)30(26,27)15-4-2-1-3-5-15/h1-11H,12H2,(H,23,25). The molecule has 0 spiro atoms. The maximum Gasteiger partial charge on any atom is 0.573 e. The summed E-state index contributed by atoms with van der Waals surface area (Å²) in [5.41, 5.74) is 0.172. The molecular formula is C18H14F3N3O4S2. The van der Waals surface area contributed by atoms with Crippen LogP contribution in [0.3, 0.4) is 0 Å². The number of aromatic nitrogens is 1. The Balaban J connectivity index is 1.76. The molecule has 0 aliphatic carbocycles. The second-order valence-corrected chi connectivity index (χ2v) is 8.50. The molecule has 0 aliphatic rings. The number of thiazole rings is 1. The van der Waals surface area contributed by atoms with Gasteiger partial charge >= 0.3 is 6.36 Å². The molecule has 0 unspecified atom stereocenters. The molecule has 1 N–H and O–H groups in total. The van der Waals surface area contributed by atoms with Crippen LogP contribution in [-0.4, -0.2) is 32.2 Å². The topological polar surface area (TPSA) is 88.6 Å². The van der Waals surface area contributed by atoms with Gasteiger partial charge in [0.1, 0.15) is 12.3 Å². The SMILES string of the molecule is O=C(CN(c1nccs1)S(=O)(=O)c1ccccc1)Nc1ccc(OC(F)(F)F)cc1. The van der Waals surface area contributed by atoms with Crippen LogP contribution in [0.2, 0.25) is 0 Å². The molecule has 0 radical (unpaired) electrons. The Labute approximate surface area is 173 Å². The van der Waals surface area contributed by atoms with Crippen LogP contribution in [0.25, 0.3) is 0 Å². The minimum absolute atomic E-state index is 0.0124. The number of carbonyl (C=O) groups excluding carboxylic acids is 1. The van der Waals surface area contributed by atoms with Crippen molar-refractivity contribution in [2.24, 2.45) is 0 Å². The number of hydrogen-bond acceptors (Lipinski definition) is 6. The van der Waals surface area contributed by atoms with Gasteiger partial charge in [-0.3, -0.25) is 4.79 Å². The fourth-order valence-electron chi connectivity index (χ4n) is 2.39. The second-order valence-electron chi connectivity index (χ2n) is 5.76. The predicted molar refractivity (Wildman–Crippen MR) is 105 cm³/mol. The van der Waals surface area contributed by atoms with Crippen LogP contribution in [0.15, 0.2) is 71.1 Å². The van der Waals surface area contributed by atoms with Crippen LogP contribution in [0, 0.1) is 0 Å². The van der Waals surface area contributed by atoms with E-state index in [4.69, 9.17) is 0 Å². The number of nitrogens with one attached hydrogen (secondary N) is 1. The molecule has 3 aromatic rings.